The average Bonchev–Trinajstić information content (AvgIpc) is 2.46. The molecule has 0 aliphatic carbocycles. The first-order chi connectivity index (χ1) is 9.94. The highest BCUT2D eigenvalue weighted by molar-refractivity contribution is 7.91. The number of benzene rings is 1. The lowest BCUT2D eigenvalue weighted by Gasteiger charge is -2.07. The normalized spacial score (nSPS) is 11.3. The van der Waals surface area contributed by atoms with Crippen LogP contribution < -0.4 is 10.6 Å². The quantitative estimate of drug-likeness (QED) is 0.671. The Morgan fingerprint density at radius 2 is 1.76 bits per heavy atom. The molecule has 1 aromatic rings. The van der Waals surface area contributed by atoms with Crippen LogP contribution in [0, 0.1) is 6.92 Å². The van der Waals surface area contributed by atoms with E-state index in [1.807, 2.05) is 19.1 Å². The van der Waals surface area contributed by atoms with Crippen molar-refractivity contribution in [1.29, 1.82) is 0 Å². The maximum Gasteiger partial charge on any atom is 0.251 e. The molecular formula is C15H24N2O3S. The molecule has 21 heavy (non-hydrogen) atoms. The van der Waals surface area contributed by atoms with Gasteiger partial charge in [-0.1, -0.05) is 24.6 Å². The van der Waals surface area contributed by atoms with E-state index in [0.717, 1.165) is 5.56 Å². The maximum absolute atomic E-state index is 11.8. The van der Waals surface area contributed by atoms with Crippen LogP contribution >= 0.6 is 0 Å². The number of hydrogen-bond acceptors (Lipinski definition) is 4. The van der Waals surface area contributed by atoms with Crippen molar-refractivity contribution < 1.29 is 13.2 Å². The molecule has 1 aromatic carbocycles. The molecule has 0 bridgehead atoms. The van der Waals surface area contributed by atoms with Gasteiger partial charge in [-0.2, -0.15) is 0 Å². The molecule has 0 saturated carbocycles. The van der Waals surface area contributed by atoms with Crippen LogP contribution in [0.3, 0.4) is 0 Å². The van der Waals surface area contributed by atoms with Gasteiger partial charge in [0.25, 0.3) is 5.91 Å². The Labute approximate surface area is 127 Å². The third-order valence-electron chi connectivity index (χ3n) is 3.15. The summed E-state index contributed by atoms with van der Waals surface area (Å²) in [5.74, 6) is 0.316. The molecule has 118 valence electrons. The molecule has 0 spiro atoms. The molecular weight excluding hydrogens is 288 g/mol. The zero-order valence-electron chi connectivity index (χ0n) is 12.7. The summed E-state index contributed by atoms with van der Waals surface area (Å²) in [6.45, 7) is 5.42. The molecule has 0 radical (unpaired) electrons. The van der Waals surface area contributed by atoms with E-state index in [0.29, 0.717) is 31.6 Å². The van der Waals surface area contributed by atoms with Crippen molar-refractivity contribution in [3.63, 3.8) is 0 Å². The van der Waals surface area contributed by atoms with E-state index < -0.39 is 9.84 Å². The number of rotatable bonds is 9. The Morgan fingerprint density at radius 3 is 2.38 bits per heavy atom. The van der Waals surface area contributed by atoms with E-state index in [4.69, 9.17) is 0 Å². The Morgan fingerprint density at radius 1 is 1.10 bits per heavy atom. The number of hydrogen-bond donors (Lipinski definition) is 2. The van der Waals surface area contributed by atoms with Gasteiger partial charge in [-0.3, -0.25) is 4.79 Å². The third kappa shape index (κ3) is 7.24. The number of aryl methyl sites for hydroxylation is 1. The SMILES string of the molecule is CCS(=O)(=O)CCCNCCNC(=O)c1ccc(C)cc1. The Balaban J connectivity index is 2.12. The van der Waals surface area contributed by atoms with Crippen LogP contribution in [0.4, 0.5) is 0 Å². The molecule has 0 aliphatic heterocycles. The van der Waals surface area contributed by atoms with E-state index in [-0.39, 0.29) is 17.4 Å². The van der Waals surface area contributed by atoms with Gasteiger partial charge in [0.1, 0.15) is 9.84 Å². The number of carbonyl (C=O) groups excluding carboxylic acids is 1. The molecule has 0 aliphatic rings. The molecule has 1 amide bonds. The summed E-state index contributed by atoms with van der Waals surface area (Å²) in [4.78, 5) is 11.8. The van der Waals surface area contributed by atoms with E-state index >= 15 is 0 Å². The van der Waals surface area contributed by atoms with Crippen LogP contribution in [0.15, 0.2) is 24.3 Å². The van der Waals surface area contributed by atoms with E-state index in [1.54, 1.807) is 19.1 Å². The molecule has 0 heterocycles. The third-order valence-corrected chi connectivity index (χ3v) is 4.94. The number of nitrogens with one attached hydrogen (secondary N) is 2. The maximum atomic E-state index is 11.8. The van der Waals surface area contributed by atoms with E-state index in [1.165, 1.54) is 0 Å². The fourth-order valence-corrected chi connectivity index (χ4v) is 2.63. The predicted octanol–water partition coefficient (Wildman–Crippen LogP) is 1.14. The summed E-state index contributed by atoms with van der Waals surface area (Å²) >= 11 is 0. The van der Waals surface area contributed by atoms with Crippen molar-refractivity contribution >= 4 is 15.7 Å². The summed E-state index contributed by atoms with van der Waals surface area (Å²) in [5, 5.41) is 5.94. The minimum absolute atomic E-state index is 0.0923. The van der Waals surface area contributed by atoms with Crippen molar-refractivity contribution in [2.75, 3.05) is 31.1 Å². The molecule has 6 heteroatoms. The largest absolute Gasteiger partial charge is 0.351 e. The predicted molar refractivity (Wildman–Crippen MR) is 85.3 cm³/mol. The number of carbonyl (C=O) groups is 1. The van der Waals surface area contributed by atoms with Crippen LogP contribution in [0.25, 0.3) is 0 Å². The van der Waals surface area contributed by atoms with Crippen LogP contribution in [0.1, 0.15) is 29.3 Å². The topological polar surface area (TPSA) is 75.3 Å². The first-order valence-electron chi connectivity index (χ1n) is 7.20. The second-order valence-corrected chi connectivity index (χ2v) is 7.43. The highest BCUT2D eigenvalue weighted by Crippen LogP contribution is 2.02. The Hall–Kier alpha value is -1.40. The lowest BCUT2D eigenvalue weighted by Crippen LogP contribution is -2.32. The van der Waals surface area contributed by atoms with Crippen molar-refractivity contribution in [3.8, 4) is 0 Å². The van der Waals surface area contributed by atoms with Gasteiger partial charge >= 0.3 is 0 Å². The minimum Gasteiger partial charge on any atom is -0.351 e. The van der Waals surface area contributed by atoms with Crippen LogP contribution in [-0.4, -0.2) is 45.5 Å². The molecule has 0 unspecified atom stereocenters. The summed E-state index contributed by atoms with van der Waals surface area (Å²) in [5.41, 5.74) is 1.77. The van der Waals surface area contributed by atoms with Gasteiger partial charge in [-0.15, -0.1) is 0 Å². The average molecular weight is 312 g/mol. The zero-order valence-corrected chi connectivity index (χ0v) is 13.5. The van der Waals surface area contributed by atoms with Gasteiger partial charge in [0, 0.05) is 24.4 Å². The highest BCUT2D eigenvalue weighted by atomic mass is 32.2. The van der Waals surface area contributed by atoms with E-state index in [9.17, 15) is 13.2 Å². The first kappa shape index (κ1) is 17.7. The number of amides is 1. The number of sulfone groups is 1. The van der Waals surface area contributed by atoms with Crippen molar-refractivity contribution in [3.05, 3.63) is 35.4 Å². The summed E-state index contributed by atoms with van der Waals surface area (Å²) in [6.07, 6.45) is 0.599. The molecule has 1 rings (SSSR count). The second-order valence-electron chi connectivity index (χ2n) is 4.96. The zero-order chi connectivity index (χ0) is 15.7. The smallest absolute Gasteiger partial charge is 0.251 e. The van der Waals surface area contributed by atoms with Crippen LogP contribution in [0.5, 0.6) is 0 Å². The minimum atomic E-state index is -2.88. The molecule has 0 saturated heterocycles. The lowest BCUT2D eigenvalue weighted by atomic mass is 10.1. The molecule has 0 fully saturated rings. The van der Waals surface area contributed by atoms with Crippen molar-refractivity contribution in [2.45, 2.75) is 20.3 Å². The van der Waals surface area contributed by atoms with Gasteiger partial charge in [-0.25, -0.2) is 8.42 Å². The Kier molecular flexibility index (Phi) is 7.39. The summed E-state index contributed by atoms with van der Waals surface area (Å²) < 4.78 is 22.5. The summed E-state index contributed by atoms with van der Waals surface area (Å²) in [6, 6.07) is 7.41. The fourth-order valence-electron chi connectivity index (χ4n) is 1.76. The molecule has 2 N–H and O–H groups in total. The van der Waals surface area contributed by atoms with Crippen molar-refractivity contribution in [2.24, 2.45) is 0 Å². The van der Waals surface area contributed by atoms with Gasteiger partial charge in [0.15, 0.2) is 0 Å². The fraction of sp³-hybridized carbons (Fsp3) is 0.533. The van der Waals surface area contributed by atoms with Crippen LogP contribution in [0.2, 0.25) is 0 Å². The molecule has 0 atom stereocenters. The second kappa shape index (κ2) is 8.79. The van der Waals surface area contributed by atoms with Gasteiger partial charge in [-0.05, 0) is 32.0 Å². The van der Waals surface area contributed by atoms with Crippen LogP contribution in [-0.2, 0) is 9.84 Å². The van der Waals surface area contributed by atoms with Gasteiger partial charge in [0.05, 0.1) is 5.75 Å². The van der Waals surface area contributed by atoms with Gasteiger partial charge in [0.2, 0.25) is 0 Å². The van der Waals surface area contributed by atoms with Crippen molar-refractivity contribution in [1.82, 2.24) is 10.6 Å². The monoisotopic (exact) mass is 312 g/mol. The highest BCUT2D eigenvalue weighted by Gasteiger charge is 2.06. The van der Waals surface area contributed by atoms with Gasteiger partial charge < -0.3 is 10.6 Å². The lowest BCUT2D eigenvalue weighted by molar-refractivity contribution is 0.0954. The molecule has 0 aromatic heterocycles. The Bertz CT molecular complexity index is 539. The summed E-state index contributed by atoms with van der Waals surface area (Å²) in [7, 11) is -2.88. The molecule has 5 nitrogen and oxygen atoms in total. The first-order valence-corrected chi connectivity index (χ1v) is 9.03. The standard InChI is InChI=1S/C15H24N2O3S/c1-3-21(19,20)12-4-9-16-10-11-17-15(18)14-7-5-13(2)6-8-14/h5-8,16H,3-4,9-12H2,1-2H3,(H,17,18). The van der Waals surface area contributed by atoms with E-state index in [2.05, 4.69) is 10.6 Å².